The molecule has 0 spiro atoms. The maximum Gasteiger partial charge on any atom is 0.238 e. The van der Waals surface area contributed by atoms with E-state index in [2.05, 4.69) is 20.6 Å². The number of aromatic nitrogens is 2. The SMILES string of the molecule is CC(=O)N1CCC(C(=O)c2ccc(Nc3nc(Nc4cccc(S(N)(=O)=O)c4)ncc3F)cc2)CC1. The minimum Gasteiger partial charge on any atom is -0.343 e. The fourth-order valence-electron chi connectivity index (χ4n) is 3.94. The van der Waals surface area contributed by atoms with E-state index in [-0.39, 0.29) is 34.3 Å². The van der Waals surface area contributed by atoms with Gasteiger partial charge in [-0.1, -0.05) is 6.07 Å². The van der Waals surface area contributed by atoms with Gasteiger partial charge in [-0.25, -0.2) is 22.9 Å². The number of carbonyl (C=O) groups excluding carboxylic acids is 2. The predicted molar refractivity (Wildman–Crippen MR) is 132 cm³/mol. The molecule has 12 heteroatoms. The van der Waals surface area contributed by atoms with Crippen molar-refractivity contribution in [2.45, 2.75) is 24.7 Å². The van der Waals surface area contributed by atoms with Crippen LogP contribution in [-0.4, -0.2) is 48.1 Å². The van der Waals surface area contributed by atoms with Crippen molar-refractivity contribution in [1.29, 1.82) is 0 Å². The molecule has 2 heterocycles. The largest absolute Gasteiger partial charge is 0.343 e. The number of halogens is 1. The number of Topliss-reactive ketones (excluding diaryl/α,β-unsaturated/α-hetero) is 1. The van der Waals surface area contributed by atoms with E-state index in [9.17, 15) is 22.4 Å². The second kappa shape index (κ2) is 10.4. The van der Waals surface area contributed by atoms with Crippen LogP contribution in [0, 0.1) is 11.7 Å². The smallest absolute Gasteiger partial charge is 0.238 e. The molecule has 10 nitrogen and oxygen atoms in total. The molecule has 188 valence electrons. The van der Waals surface area contributed by atoms with E-state index in [1.807, 2.05) is 0 Å². The Bertz CT molecular complexity index is 1390. The van der Waals surface area contributed by atoms with Gasteiger partial charge in [0, 0.05) is 42.9 Å². The zero-order valence-electron chi connectivity index (χ0n) is 19.4. The lowest BCUT2D eigenvalue weighted by molar-refractivity contribution is -0.130. The Kier molecular flexibility index (Phi) is 7.27. The summed E-state index contributed by atoms with van der Waals surface area (Å²) in [6, 6.07) is 12.4. The number of sulfonamides is 1. The summed E-state index contributed by atoms with van der Waals surface area (Å²) >= 11 is 0. The van der Waals surface area contributed by atoms with Crippen molar-refractivity contribution in [1.82, 2.24) is 14.9 Å². The maximum atomic E-state index is 14.4. The van der Waals surface area contributed by atoms with Gasteiger partial charge in [-0.2, -0.15) is 4.98 Å². The van der Waals surface area contributed by atoms with Crippen LogP contribution >= 0.6 is 0 Å². The molecular weight excluding hydrogens is 487 g/mol. The molecule has 2 aromatic carbocycles. The average Bonchev–Trinajstić information content (AvgIpc) is 2.86. The lowest BCUT2D eigenvalue weighted by Gasteiger charge is -2.30. The zero-order valence-corrected chi connectivity index (χ0v) is 20.3. The Morgan fingerprint density at radius 2 is 1.75 bits per heavy atom. The molecule has 0 aliphatic carbocycles. The second-order valence-corrected chi connectivity index (χ2v) is 10.00. The molecule has 4 rings (SSSR count). The van der Waals surface area contributed by atoms with Crippen molar-refractivity contribution in [2.24, 2.45) is 11.1 Å². The van der Waals surface area contributed by atoms with Crippen molar-refractivity contribution in [3.8, 4) is 0 Å². The van der Waals surface area contributed by atoms with Gasteiger partial charge in [0.2, 0.25) is 21.9 Å². The molecule has 4 N–H and O–H groups in total. The Morgan fingerprint density at radius 1 is 1.06 bits per heavy atom. The van der Waals surface area contributed by atoms with Gasteiger partial charge in [-0.05, 0) is 55.3 Å². The first-order chi connectivity index (χ1) is 17.1. The molecule has 0 unspecified atom stereocenters. The van der Waals surface area contributed by atoms with Gasteiger partial charge in [0.25, 0.3) is 0 Å². The zero-order chi connectivity index (χ0) is 25.9. The predicted octanol–water partition coefficient (Wildman–Crippen LogP) is 3.19. The van der Waals surface area contributed by atoms with Crippen molar-refractivity contribution in [2.75, 3.05) is 23.7 Å². The lowest BCUT2D eigenvalue weighted by Crippen LogP contribution is -2.39. The molecule has 1 saturated heterocycles. The number of nitrogens with two attached hydrogens (primary N) is 1. The first-order valence-electron chi connectivity index (χ1n) is 11.2. The van der Waals surface area contributed by atoms with Crippen LogP contribution in [-0.2, 0) is 14.8 Å². The number of nitrogens with zero attached hydrogens (tertiary/aromatic N) is 3. The van der Waals surface area contributed by atoms with Crippen molar-refractivity contribution < 1.29 is 22.4 Å². The number of hydrogen-bond acceptors (Lipinski definition) is 8. The number of nitrogens with one attached hydrogen (secondary N) is 2. The van der Waals surface area contributed by atoms with Gasteiger partial charge in [0.15, 0.2) is 17.4 Å². The van der Waals surface area contributed by atoms with E-state index < -0.39 is 15.8 Å². The quantitative estimate of drug-likeness (QED) is 0.409. The first-order valence-corrected chi connectivity index (χ1v) is 12.7. The van der Waals surface area contributed by atoms with E-state index in [0.29, 0.717) is 42.9 Å². The Hall–Kier alpha value is -3.90. The number of piperidine rings is 1. The van der Waals surface area contributed by atoms with Gasteiger partial charge in [0.1, 0.15) is 0 Å². The van der Waals surface area contributed by atoms with E-state index in [1.165, 1.54) is 25.1 Å². The Balaban J connectivity index is 1.43. The molecule has 0 saturated carbocycles. The molecule has 1 aliphatic heterocycles. The van der Waals surface area contributed by atoms with Crippen LogP contribution in [0.4, 0.5) is 27.5 Å². The molecule has 0 atom stereocenters. The molecule has 1 aromatic heterocycles. The Labute approximate surface area is 207 Å². The van der Waals surface area contributed by atoms with Crippen molar-refractivity contribution in [3.63, 3.8) is 0 Å². The molecule has 1 fully saturated rings. The highest BCUT2D eigenvalue weighted by atomic mass is 32.2. The molecule has 1 amide bonds. The Morgan fingerprint density at radius 3 is 2.39 bits per heavy atom. The van der Waals surface area contributed by atoms with E-state index in [1.54, 1.807) is 35.2 Å². The van der Waals surface area contributed by atoms with Crippen molar-refractivity contribution in [3.05, 3.63) is 66.1 Å². The second-order valence-electron chi connectivity index (χ2n) is 8.43. The third-order valence-electron chi connectivity index (χ3n) is 5.91. The minimum absolute atomic E-state index is 0.0173. The highest BCUT2D eigenvalue weighted by Crippen LogP contribution is 2.25. The third-order valence-corrected chi connectivity index (χ3v) is 6.82. The summed E-state index contributed by atoms with van der Waals surface area (Å²) in [6.45, 7) is 2.67. The number of hydrogen-bond donors (Lipinski definition) is 3. The highest BCUT2D eigenvalue weighted by Gasteiger charge is 2.26. The summed E-state index contributed by atoms with van der Waals surface area (Å²) in [6.07, 6.45) is 2.23. The molecule has 0 bridgehead atoms. The van der Waals surface area contributed by atoms with Crippen LogP contribution < -0.4 is 15.8 Å². The summed E-state index contributed by atoms with van der Waals surface area (Å²) in [7, 11) is -3.89. The average molecular weight is 513 g/mol. The monoisotopic (exact) mass is 512 g/mol. The topological polar surface area (TPSA) is 147 Å². The number of primary sulfonamides is 1. The number of benzene rings is 2. The van der Waals surface area contributed by atoms with E-state index in [0.717, 1.165) is 6.20 Å². The van der Waals surface area contributed by atoms with Crippen LogP contribution in [0.1, 0.15) is 30.1 Å². The highest BCUT2D eigenvalue weighted by molar-refractivity contribution is 7.89. The van der Waals surface area contributed by atoms with Crippen LogP contribution in [0.15, 0.2) is 59.6 Å². The molecule has 3 aromatic rings. The van der Waals surface area contributed by atoms with Crippen LogP contribution in [0.25, 0.3) is 0 Å². The summed E-state index contributed by atoms with van der Waals surface area (Å²) in [5.41, 5.74) is 1.41. The number of carbonyl (C=O) groups is 2. The number of anilines is 4. The summed E-state index contributed by atoms with van der Waals surface area (Å²) in [5, 5.41) is 10.8. The summed E-state index contributed by atoms with van der Waals surface area (Å²) in [4.78, 5) is 34.0. The van der Waals surface area contributed by atoms with Gasteiger partial charge < -0.3 is 15.5 Å². The number of ketones is 1. The fourth-order valence-corrected chi connectivity index (χ4v) is 4.50. The first kappa shape index (κ1) is 25.2. The van der Waals surface area contributed by atoms with Crippen LogP contribution in [0.3, 0.4) is 0 Å². The molecule has 36 heavy (non-hydrogen) atoms. The minimum atomic E-state index is -3.89. The van der Waals surface area contributed by atoms with Crippen LogP contribution in [0.5, 0.6) is 0 Å². The third kappa shape index (κ3) is 6.01. The van der Waals surface area contributed by atoms with Gasteiger partial charge in [-0.15, -0.1) is 0 Å². The van der Waals surface area contributed by atoms with Gasteiger partial charge in [-0.3, -0.25) is 9.59 Å². The number of amides is 1. The van der Waals surface area contributed by atoms with Gasteiger partial charge >= 0.3 is 0 Å². The van der Waals surface area contributed by atoms with Gasteiger partial charge in [0.05, 0.1) is 11.1 Å². The fraction of sp³-hybridized carbons (Fsp3) is 0.250. The normalized spacial score (nSPS) is 14.4. The van der Waals surface area contributed by atoms with Crippen molar-refractivity contribution >= 4 is 44.9 Å². The molecule has 0 radical (unpaired) electrons. The van der Waals surface area contributed by atoms with E-state index in [4.69, 9.17) is 5.14 Å². The van der Waals surface area contributed by atoms with E-state index >= 15 is 0 Å². The number of likely N-dealkylation sites (tertiary alicyclic amines) is 1. The lowest BCUT2D eigenvalue weighted by atomic mass is 9.89. The summed E-state index contributed by atoms with van der Waals surface area (Å²) < 4.78 is 37.5. The summed E-state index contributed by atoms with van der Waals surface area (Å²) in [5.74, 6) is -0.869. The standard InChI is InChI=1S/C24H25FN6O4S/c1-15(32)31-11-9-17(10-12-31)22(33)16-5-7-18(8-6-16)28-23-21(25)14-27-24(30-23)29-19-3-2-4-20(13-19)36(26,34)35/h2-8,13-14,17H,9-12H2,1H3,(H2,26,34,35)(H2,27,28,29,30). The number of rotatable bonds is 7. The van der Waals surface area contributed by atoms with Crippen LogP contribution in [0.2, 0.25) is 0 Å². The maximum absolute atomic E-state index is 14.4. The molecular formula is C24H25FN6O4S. The molecule has 1 aliphatic rings.